The van der Waals surface area contributed by atoms with E-state index in [-0.39, 0.29) is 17.3 Å². The minimum Gasteiger partial charge on any atom is -0.325 e. The van der Waals surface area contributed by atoms with Crippen molar-refractivity contribution in [3.8, 4) is 11.3 Å². The van der Waals surface area contributed by atoms with E-state index < -0.39 is 4.92 Å². The molecule has 1 N–H and O–H groups in total. The Kier molecular flexibility index (Phi) is 5.49. The largest absolute Gasteiger partial charge is 0.325 e. The summed E-state index contributed by atoms with van der Waals surface area (Å²) in [4.78, 5) is 26.3. The summed E-state index contributed by atoms with van der Waals surface area (Å²) >= 11 is 1.23. The summed E-state index contributed by atoms with van der Waals surface area (Å²) in [6.45, 7) is 0. The van der Waals surface area contributed by atoms with E-state index in [1.807, 2.05) is 18.2 Å². The van der Waals surface area contributed by atoms with Crippen LogP contribution in [0.15, 0.2) is 66.0 Å². The highest BCUT2D eigenvalue weighted by atomic mass is 32.2. The number of non-ortho nitro benzene ring substituents is 1. The van der Waals surface area contributed by atoms with Gasteiger partial charge in [0, 0.05) is 35.8 Å². The van der Waals surface area contributed by atoms with E-state index in [0.29, 0.717) is 16.4 Å². The number of nitrogens with zero attached hydrogens (tertiary/aromatic N) is 4. The molecule has 1 amide bonds. The first-order valence-corrected chi connectivity index (χ1v) is 8.51. The average molecular weight is 367 g/mol. The SMILES string of the molecule is O=C(CSc1ccc(-c2cccnc2)nn1)Nc1cccc([N+](=O)[O-])c1. The number of benzene rings is 1. The number of hydrogen-bond donors (Lipinski definition) is 1. The van der Waals surface area contributed by atoms with Crippen molar-refractivity contribution in [3.05, 3.63) is 71.0 Å². The Morgan fingerprint density at radius 1 is 1.15 bits per heavy atom. The third-order valence-electron chi connectivity index (χ3n) is 3.29. The maximum atomic E-state index is 12.0. The molecule has 2 heterocycles. The molecule has 0 aliphatic heterocycles. The lowest BCUT2D eigenvalue weighted by molar-refractivity contribution is -0.384. The molecule has 3 rings (SSSR count). The number of anilines is 1. The molecule has 0 radical (unpaired) electrons. The third-order valence-corrected chi connectivity index (χ3v) is 4.21. The summed E-state index contributed by atoms with van der Waals surface area (Å²) in [5.41, 5.74) is 1.86. The molecule has 0 atom stereocenters. The normalized spacial score (nSPS) is 10.3. The molecule has 0 saturated carbocycles. The van der Waals surface area contributed by atoms with Crippen LogP contribution in [-0.4, -0.2) is 31.8 Å². The zero-order chi connectivity index (χ0) is 18.4. The Labute approximate surface area is 152 Å². The molecule has 0 unspecified atom stereocenters. The first-order valence-electron chi connectivity index (χ1n) is 7.53. The highest BCUT2D eigenvalue weighted by Crippen LogP contribution is 2.20. The van der Waals surface area contributed by atoms with Gasteiger partial charge in [-0.15, -0.1) is 10.2 Å². The van der Waals surface area contributed by atoms with Gasteiger partial charge in [0.05, 0.1) is 16.4 Å². The van der Waals surface area contributed by atoms with Gasteiger partial charge < -0.3 is 5.32 Å². The van der Waals surface area contributed by atoms with Gasteiger partial charge in [-0.25, -0.2) is 0 Å². The molecule has 8 nitrogen and oxygen atoms in total. The maximum absolute atomic E-state index is 12.0. The molecular weight excluding hydrogens is 354 g/mol. The van der Waals surface area contributed by atoms with Crippen molar-refractivity contribution in [3.63, 3.8) is 0 Å². The molecule has 0 spiro atoms. The number of nitro benzene ring substituents is 1. The molecular formula is C17H13N5O3S. The number of thioether (sulfide) groups is 1. The minimum absolute atomic E-state index is 0.0766. The van der Waals surface area contributed by atoms with Gasteiger partial charge in [-0.3, -0.25) is 19.9 Å². The lowest BCUT2D eigenvalue weighted by Crippen LogP contribution is -2.14. The van der Waals surface area contributed by atoms with E-state index in [0.717, 1.165) is 5.56 Å². The summed E-state index contributed by atoms with van der Waals surface area (Å²) in [6, 6.07) is 13.1. The summed E-state index contributed by atoms with van der Waals surface area (Å²) in [5, 5.41) is 22.2. The van der Waals surface area contributed by atoms with Crippen molar-refractivity contribution >= 4 is 29.0 Å². The monoisotopic (exact) mass is 367 g/mol. The summed E-state index contributed by atoms with van der Waals surface area (Å²) in [6.07, 6.45) is 3.38. The predicted molar refractivity (Wildman–Crippen MR) is 97.7 cm³/mol. The van der Waals surface area contributed by atoms with Crippen molar-refractivity contribution in [2.45, 2.75) is 5.03 Å². The van der Waals surface area contributed by atoms with Gasteiger partial charge in [-0.1, -0.05) is 17.8 Å². The third kappa shape index (κ3) is 4.61. The lowest BCUT2D eigenvalue weighted by atomic mass is 10.2. The fourth-order valence-corrected chi connectivity index (χ4v) is 2.71. The Bertz CT molecular complexity index is 919. The van der Waals surface area contributed by atoms with Gasteiger partial charge in [0.25, 0.3) is 5.69 Å². The predicted octanol–water partition coefficient (Wildman–Crippen LogP) is 3.18. The van der Waals surface area contributed by atoms with Crippen molar-refractivity contribution in [2.75, 3.05) is 11.1 Å². The van der Waals surface area contributed by atoms with Gasteiger partial charge in [-0.05, 0) is 30.3 Å². The summed E-state index contributed by atoms with van der Waals surface area (Å²) < 4.78 is 0. The Morgan fingerprint density at radius 3 is 2.73 bits per heavy atom. The van der Waals surface area contributed by atoms with Crippen LogP contribution in [0.2, 0.25) is 0 Å². The molecule has 0 fully saturated rings. The first kappa shape index (κ1) is 17.5. The van der Waals surface area contributed by atoms with Crippen molar-refractivity contribution < 1.29 is 9.72 Å². The number of hydrogen-bond acceptors (Lipinski definition) is 7. The van der Waals surface area contributed by atoms with Crippen LogP contribution in [0, 0.1) is 10.1 Å². The summed E-state index contributed by atoms with van der Waals surface area (Å²) in [7, 11) is 0. The second-order valence-corrected chi connectivity index (χ2v) is 6.14. The molecule has 3 aromatic rings. The number of rotatable bonds is 6. The van der Waals surface area contributed by atoms with Crippen LogP contribution in [-0.2, 0) is 4.79 Å². The standard InChI is InChI=1S/C17H13N5O3S/c23-16(19-13-4-1-5-14(9-13)22(24)25)11-26-17-7-6-15(20-21-17)12-3-2-8-18-10-12/h1-10H,11H2,(H,19,23). The van der Waals surface area contributed by atoms with Crippen LogP contribution in [0.25, 0.3) is 11.3 Å². The molecule has 0 aliphatic carbocycles. The highest BCUT2D eigenvalue weighted by molar-refractivity contribution is 7.99. The molecule has 0 saturated heterocycles. The van der Waals surface area contributed by atoms with Gasteiger partial charge >= 0.3 is 0 Å². The van der Waals surface area contributed by atoms with Crippen LogP contribution in [0.5, 0.6) is 0 Å². The first-order chi connectivity index (χ1) is 12.6. The van der Waals surface area contributed by atoms with E-state index >= 15 is 0 Å². The molecule has 0 bridgehead atoms. The Morgan fingerprint density at radius 2 is 2.04 bits per heavy atom. The molecule has 130 valence electrons. The Hall–Kier alpha value is -3.33. The second-order valence-electron chi connectivity index (χ2n) is 5.14. The van der Waals surface area contributed by atoms with Crippen molar-refractivity contribution in [1.29, 1.82) is 0 Å². The number of pyridine rings is 1. The van der Waals surface area contributed by atoms with Crippen molar-refractivity contribution in [1.82, 2.24) is 15.2 Å². The highest BCUT2D eigenvalue weighted by Gasteiger charge is 2.09. The van der Waals surface area contributed by atoms with E-state index in [4.69, 9.17) is 0 Å². The maximum Gasteiger partial charge on any atom is 0.271 e. The number of amides is 1. The van der Waals surface area contributed by atoms with Crippen LogP contribution in [0.1, 0.15) is 0 Å². The fourth-order valence-electron chi connectivity index (χ4n) is 2.10. The number of carbonyl (C=O) groups is 1. The number of nitro groups is 1. The van der Waals surface area contributed by atoms with E-state index in [9.17, 15) is 14.9 Å². The van der Waals surface area contributed by atoms with Crippen LogP contribution in [0.4, 0.5) is 11.4 Å². The van der Waals surface area contributed by atoms with Gasteiger partial charge in [0.2, 0.25) is 5.91 Å². The lowest BCUT2D eigenvalue weighted by Gasteiger charge is -2.05. The molecule has 1 aromatic carbocycles. The van der Waals surface area contributed by atoms with Crippen LogP contribution in [0.3, 0.4) is 0 Å². The van der Waals surface area contributed by atoms with Crippen molar-refractivity contribution in [2.24, 2.45) is 0 Å². The quantitative estimate of drug-likeness (QED) is 0.404. The molecule has 2 aromatic heterocycles. The Balaban J connectivity index is 1.56. The van der Waals surface area contributed by atoms with Crippen LogP contribution < -0.4 is 5.32 Å². The zero-order valence-electron chi connectivity index (χ0n) is 13.4. The molecule has 9 heteroatoms. The van der Waals surface area contributed by atoms with E-state index in [2.05, 4.69) is 20.5 Å². The number of carbonyl (C=O) groups excluding carboxylic acids is 1. The fraction of sp³-hybridized carbons (Fsp3) is 0.0588. The zero-order valence-corrected chi connectivity index (χ0v) is 14.2. The summed E-state index contributed by atoms with van der Waals surface area (Å²) in [5.74, 6) is -0.169. The van der Waals surface area contributed by atoms with Gasteiger partial charge in [0.15, 0.2) is 0 Å². The molecule has 0 aliphatic rings. The van der Waals surface area contributed by atoms with E-state index in [1.165, 1.54) is 30.0 Å². The van der Waals surface area contributed by atoms with Gasteiger partial charge in [-0.2, -0.15) is 0 Å². The average Bonchev–Trinajstić information content (AvgIpc) is 2.68. The van der Waals surface area contributed by atoms with E-state index in [1.54, 1.807) is 24.5 Å². The topological polar surface area (TPSA) is 111 Å². The number of aromatic nitrogens is 3. The minimum atomic E-state index is -0.510. The number of nitrogens with one attached hydrogen (secondary N) is 1. The second kappa shape index (κ2) is 8.17. The smallest absolute Gasteiger partial charge is 0.271 e. The molecule has 26 heavy (non-hydrogen) atoms. The van der Waals surface area contributed by atoms with Gasteiger partial charge in [0.1, 0.15) is 5.03 Å². The van der Waals surface area contributed by atoms with Crippen LogP contribution >= 0.6 is 11.8 Å².